The molecule has 1 saturated carbocycles. The molecule has 4 rings (SSSR count). The van der Waals surface area contributed by atoms with Crippen LogP contribution in [0, 0.1) is 17.8 Å². The molecule has 3 aliphatic carbocycles. The summed E-state index contributed by atoms with van der Waals surface area (Å²) in [6.45, 7) is 2.79. The van der Waals surface area contributed by atoms with Crippen LogP contribution in [0.15, 0.2) is 23.0 Å². The Morgan fingerprint density at radius 3 is 2.27 bits per heavy atom. The number of fused-ring (bicyclic) bond motifs is 3. The zero-order chi connectivity index (χ0) is 30.0. The number of nitrogens with zero attached hydrogens (tertiary/aromatic N) is 2. The lowest BCUT2D eigenvalue weighted by Gasteiger charge is -2.46. The molecule has 218 valence electrons. The van der Waals surface area contributed by atoms with Gasteiger partial charge in [-0.2, -0.15) is 0 Å². The smallest absolute Gasteiger partial charge is 0.255 e. The molecule has 0 bridgehead atoms. The molecule has 3 aliphatic rings. The second-order valence-electron chi connectivity index (χ2n) is 11.4. The zero-order valence-corrected chi connectivity index (χ0v) is 24.2. The van der Waals surface area contributed by atoms with Crippen LogP contribution >= 0.6 is 0 Å². The molecule has 0 heterocycles. The first kappa shape index (κ1) is 29.6. The van der Waals surface area contributed by atoms with E-state index in [4.69, 9.17) is 5.73 Å². The highest BCUT2D eigenvalue weighted by Crippen LogP contribution is 2.52. The number of anilines is 1. The van der Waals surface area contributed by atoms with Gasteiger partial charge in [-0.25, -0.2) is 13.1 Å². The maximum Gasteiger partial charge on any atom is 0.255 e. The molecule has 1 amide bonds. The number of aromatic hydroxyl groups is 1. The topological polar surface area (TPSA) is 191 Å². The second-order valence-corrected chi connectivity index (χ2v) is 13.7. The summed E-state index contributed by atoms with van der Waals surface area (Å²) in [5.74, 6) is -6.62. The number of benzene rings is 1. The number of hydrogen-bond acceptors (Lipinski definition) is 10. The van der Waals surface area contributed by atoms with Crippen LogP contribution < -0.4 is 15.4 Å². The molecule has 4 atom stereocenters. The molecule has 0 aliphatic heterocycles. The van der Waals surface area contributed by atoms with E-state index in [0.717, 1.165) is 0 Å². The van der Waals surface area contributed by atoms with Crippen molar-refractivity contribution in [3.05, 3.63) is 39.7 Å². The molecule has 40 heavy (non-hydrogen) atoms. The van der Waals surface area contributed by atoms with Crippen LogP contribution in [0.2, 0.25) is 0 Å². The number of phenols is 1. The third-order valence-corrected chi connectivity index (χ3v) is 9.97. The number of rotatable bonds is 7. The number of carbonyl (C=O) groups is 3. The first-order chi connectivity index (χ1) is 18.5. The second kappa shape index (κ2) is 10.2. The van der Waals surface area contributed by atoms with Gasteiger partial charge in [0.25, 0.3) is 5.91 Å². The fourth-order valence-corrected chi connectivity index (χ4v) is 6.94. The SMILES string of the molecule is CC(C)S(=O)(=O)NCc1cc(N(C)C)c2c(c1O)C(O)=C1C(=O)C3C(=O)C(C(N)=O)=C(O)[C@@H](N(C)C)C3CC1C2. The van der Waals surface area contributed by atoms with E-state index in [9.17, 15) is 38.1 Å². The third kappa shape index (κ3) is 4.55. The number of likely N-dealkylation sites (N-methyl/N-ethyl adjacent to an activating group) is 1. The Morgan fingerprint density at radius 1 is 1.12 bits per heavy atom. The number of hydrogen-bond donors (Lipinski definition) is 5. The molecule has 6 N–H and O–H groups in total. The Kier molecular flexibility index (Phi) is 7.54. The number of allylic oxidation sites excluding steroid dienone is 1. The summed E-state index contributed by atoms with van der Waals surface area (Å²) >= 11 is 0. The fourth-order valence-electron chi connectivity index (χ4n) is 6.25. The van der Waals surface area contributed by atoms with E-state index in [1.807, 2.05) is 0 Å². The number of carbonyl (C=O) groups excluding carboxylic acids is 3. The van der Waals surface area contributed by atoms with Gasteiger partial charge in [0.2, 0.25) is 10.0 Å². The molecule has 3 unspecified atom stereocenters. The zero-order valence-electron chi connectivity index (χ0n) is 23.3. The Labute approximate surface area is 233 Å². The number of phenolic OH excluding ortho intramolecular Hbond substituents is 1. The van der Waals surface area contributed by atoms with Crippen molar-refractivity contribution >= 4 is 38.9 Å². The summed E-state index contributed by atoms with van der Waals surface area (Å²) in [5, 5.41) is 32.9. The Balaban J connectivity index is 1.88. The minimum Gasteiger partial charge on any atom is -0.510 e. The fraction of sp³-hybridized carbons (Fsp3) is 0.519. The van der Waals surface area contributed by atoms with E-state index in [0.29, 0.717) is 11.3 Å². The van der Waals surface area contributed by atoms with Crippen molar-refractivity contribution in [2.24, 2.45) is 23.5 Å². The summed E-state index contributed by atoms with van der Waals surface area (Å²) in [5.41, 5.74) is 6.13. The van der Waals surface area contributed by atoms with E-state index < -0.39 is 73.6 Å². The predicted octanol–water partition coefficient (Wildman–Crippen LogP) is 0.743. The maximum absolute atomic E-state index is 13.9. The van der Waals surface area contributed by atoms with Crippen LogP contribution in [0.4, 0.5) is 5.69 Å². The molecule has 0 radical (unpaired) electrons. The van der Waals surface area contributed by atoms with Crippen LogP contribution in [0.5, 0.6) is 5.75 Å². The van der Waals surface area contributed by atoms with Gasteiger partial charge in [-0.15, -0.1) is 0 Å². The van der Waals surface area contributed by atoms with Gasteiger partial charge in [-0.1, -0.05) is 0 Å². The molecule has 0 aromatic heterocycles. The van der Waals surface area contributed by atoms with Crippen molar-refractivity contribution < 1.29 is 38.1 Å². The van der Waals surface area contributed by atoms with Gasteiger partial charge in [0, 0.05) is 37.5 Å². The third-order valence-electron chi connectivity index (χ3n) is 8.19. The number of ketones is 2. The van der Waals surface area contributed by atoms with Gasteiger partial charge in [0.15, 0.2) is 11.6 Å². The van der Waals surface area contributed by atoms with Gasteiger partial charge in [0.1, 0.15) is 22.8 Å². The van der Waals surface area contributed by atoms with Crippen molar-refractivity contribution in [1.82, 2.24) is 9.62 Å². The van der Waals surface area contributed by atoms with Gasteiger partial charge in [0.05, 0.1) is 22.8 Å². The van der Waals surface area contributed by atoms with E-state index in [2.05, 4.69) is 4.72 Å². The van der Waals surface area contributed by atoms with Crippen molar-refractivity contribution in [3.8, 4) is 5.75 Å². The predicted molar refractivity (Wildman–Crippen MR) is 148 cm³/mol. The highest BCUT2D eigenvalue weighted by molar-refractivity contribution is 7.90. The summed E-state index contributed by atoms with van der Waals surface area (Å²) in [4.78, 5) is 42.7. The quantitative estimate of drug-likeness (QED) is 0.229. The summed E-state index contributed by atoms with van der Waals surface area (Å²) in [6, 6.07) is 0.820. The van der Waals surface area contributed by atoms with Crippen molar-refractivity contribution in [2.75, 3.05) is 33.1 Å². The Morgan fingerprint density at radius 2 is 1.75 bits per heavy atom. The van der Waals surface area contributed by atoms with Crippen molar-refractivity contribution in [1.29, 1.82) is 0 Å². The largest absolute Gasteiger partial charge is 0.510 e. The number of amides is 1. The number of aliphatic hydroxyl groups is 2. The standard InChI is InChI=1S/C27H36N4O8S/c1-11(2)40(38,39)29-10-13-9-16(30(3)4)14-7-12-8-15-19(24(34)17(12)23(33)18(14)22(13)32)25(35)20(27(28)37)26(36)21(15)31(5)6/h9,11-12,15,19,21,29,32-33,36H,7-8,10H2,1-6H3,(H2,28,37)/t12?,15?,19?,21-/m0/s1. The monoisotopic (exact) mass is 576 g/mol. The Bertz CT molecular complexity index is 1480. The molecule has 1 fully saturated rings. The molecular formula is C27H36N4O8S. The number of aliphatic hydroxyl groups excluding tert-OH is 2. The minimum atomic E-state index is -3.66. The Hall–Kier alpha value is -3.42. The van der Waals surface area contributed by atoms with E-state index in [-0.39, 0.29) is 41.8 Å². The highest BCUT2D eigenvalue weighted by atomic mass is 32.2. The molecule has 0 saturated heterocycles. The molecule has 1 aromatic carbocycles. The molecule has 12 nitrogen and oxygen atoms in total. The molecular weight excluding hydrogens is 540 g/mol. The number of Topliss-reactive ketones (excluding diaryl/α,β-unsaturated/α-hetero) is 2. The lowest BCUT2D eigenvalue weighted by molar-refractivity contribution is -0.136. The van der Waals surface area contributed by atoms with Crippen molar-refractivity contribution in [3.63, 3.8) is 0 Å². The lowest BCUT2D eigenvalue weighted by atomic mass is 9.59. The van der Waals surface area contributed by atoms with Crippen LogP contribution in [0.1, 0.15) is 37.0 Å². The number of nitrogens with one attached hydrogen (secondary N) is 1. The molecule has 13 heteroatoms. The normalized spacial score (nSPS) is 24.8. The maximum atomic E-state index is 13.9. The summed E-state index contributed by atoms with van der Waals surface area (Å²) in [7, 11) is 3.19. The first-order valence-electron chi connectivity index (χ1n) is 13.0. The molecule has 0 spiro atoms. The highest BCUT2D eigenvalue weighted by Gasteiger charge is 2.56. The van der Waals surface area contributed by atoms with Crippen LogP contribution in [0.3, 0.4) is 0 Å². The summed E-state index contributed by atoms with van der Waals surface area (Å²) < 4.78 is 27.2. The van der Waals surface area contributed by atoms with Gasteiger partial charge < -0.3 is 26.0 Å². The first-order valence-corrected chi connectivity index (χ1v) is 14.5. The minimum absolute atomic E-state index is 0.00364. The van der Waals surface area contributed by atoms with E-state index >= 15 is 0 Å². The van der Waals surface area contributed by atoms with Crippen LogP contribution in [-0.2, 0) is 37.4 Å². The average molecular weight is 577 g/mol. The van der Waals surface area contributed by atoms with Crippen LogP contribution in [0.25, 0.3) is 5.76 Å². The van der Waals surface area contributed by atoms with E-state index in [1.165, 1.54) is 13.8 Å². The average Bonchev–Trinajstić information content (AvgIpc) is 2.82. The lowest BCUT2D eigenvalue weighted by Crippen LogP contribution is -2.55. The van der Waals surface area contributed by atoms with Crippen molar-refractivity contribution in [2.45, 2.75) is 44.5 Å². The molecule has 1 aromatic rings. The van der Waals surface area contributed by atoms with Gasteiger partial charge in [-0.3, -0.25) is 19.3 Å². The van der Waals surface area contributed by atoms with Gasteiger partial charge >= 0.3 is 0 Å². The van der Waals surface area contributed by atoms with E-state index in [1.54, 1.807) is 44.1 Å². The number of primary amides is 1. The number of sulfonamides is 1. The van der Waals surface area contributed by atoms with Gasteiger partial charge in [-0.05, 0) is 64.3 Å². The van der Waals surface area contributed by atoms with Crippen LogP contribution in [-0.4, -0.2) is 85.6 Å². The number of nitrogens with two attached hydrogens (primary N) is 1. The summed E-state index contributed by atoms with van der Waals surface area (Å²) in [6.07, 6.45) is 0.480.